The Labute approximate surface area is 296 Å². The van der Waals surface area contributed by atoms with Crippen molar-refractivity contribution in [2.24, 2.45) is 0 Å². The van der Waals surface area contributed by atoms with Crippen LogP contribution in [0.2, 0.25) is 15.2 Å². The van der Waals surface area contributed by atoms with Crippen LogP contribution >= 0.6 is 34.8 Å². The Kier molecular flexibility index (Phi) is 13.0. The van der Waals surface area contributed by atoms with Gasteiger partial charge in [-0.2, -0.15) is 9.67 Å². The molecule has 0 fully saturated rings. The average Bonchev–Trinajstić information content (AvgIpc) is 3.40. The molecule has 19 heteroatoms. The molecule has 2 heterocycles. The van der Waals surface area contributed by atoms with Crippen LogP contribution in [0.1, 0.15) is 57.8 Å². The van der Waals surface area contributed by atoms with Crippen molar-refractivity contribution in [1.29, 1.82) is 0 Å². The maximum Gasteiger partial charge on any atom is 0.442 e. The van der Waals surface area contributed by atoms with Crippen molar-refractivity contribution in [2.45, 2.75) is 58.0 Å². The maximum absolute atomic E-state index is 12.5. The molecule has 0 radical (unpaired) electrons. The zero-order chi connectivity index (χ0) is 36.7. The fraction of sp³-hybridized carbons (Fsp3) is 0.333. The van der Waals surface area contributed by atoms with Crippen LogP contribution in [0.15, 0.2) is 56.6 Å². The van der Waals surface area contributed by atoms with Crippen LogP contribution in [-0.2, 0) is 20.2 Å². The normalized spacial score (nSPS) is 11.3. The highest BCUT2D eigenvalue weighted by Gasteiger charge is 2.26. The van der Waals surface area contributed by atoms with E-state index in [1.807, 2.05) is 34.6 Å². The van der Waals surface area contributed by atoms with Crippen molar-refractivity contribution < 1.29 is 36.6 Å². The Bertz CT molecular complexity index is 1990. The first-order valence-corrected chi connectivity index (χ1v) is 16.9. The molecule has 2 amide bonds. The Morgan fingerprint density at radius 1 is 1.04 bits per heavy atom. The number of carbonyl (C=O) groups excluding carboxylic acids is 2. The highest BCUT2D eigenvalue weighted by Crippen LogP contribution is 2.33. The number of hydrogen-bond acceptors (Lipinski definition) is 12. The summed E-state index contributed by atoms with van der Waals surface area (Å²) in [6, 6.07) is 8.57. The molecule has 2 aromatic carbocycles. The number of hydrogen-bond donors (Lipinski definition) is 2. The van der Waals surface area contributed by atoms with E-state index in [1.165, 1.54) is 43.5 Å². The SMILES string of the molecule is CC(C)Oc1cc(-n2nc(C(C)(C)C)oc2=O)c(Cl)cc1Cl.CCOC(=O)c1ccccc1S(=O)(=O)NC(=O)Nc1nc(Cl)cc(OC)n1. The third-order valence-electron chi connectivity index (χ3n) is 5.79. The first-order valence-electron chi connectivity index (χ1n) is 14.3. The van der Waals surface area contributed by atoms with Crippen molar-refractivity contribution in [3.63, 3.8) is 0 Å². The molecule has 0 saturated heterocycles. The van der Waals surface area contributed by atoms with Crippen LogP contribution in [0, 0.1) is 0 Å². The second-order valence-corrected chi connectivity index (χ2v) is 13.9. The number of rotatable bonds is 9. The molecule has 264 valence electrons. The van der Waals surface area contributed by atoms with Gasteiger partial charge in [0.05, 0.1) is 41.1 Å². The molecule has 0 unspecified atom stereocenters. The zero-order valence-electron chi connectivity index (χ0n) is 27.3. The number of anilines is 1. The van der Waals surface area contributed by atoms with Crippen LogP contribution < -0.4 is 25.3 Å². The Morgan fingerprint density at radius 2 is 1.71 bits per heavy atom. The van der Waals surface area contributed by atoms with Crippen LogP contribution in [0.25, 0.3) is 5.69 Å². The van der Waals surface area contributed by atoms with Gasteiger partial charge in [-0.15, -0.1) is 5.10 Å². The summed E-state index contributed by atoms with van der Waals surface area (Å²) < 4.78 is 48.4. The van der Waals surface area contributed by atoms with Gasteiger partial charge in [0.25, 0.3) is 10.0 Å². The van der Waals surface area contributed by atoms with E-state index in [-0.39, 0.29) is 45.7 Å². The number of methoxy groups -OCH3 is 1. The summed E-state index contributed by atoms with van der Waals surface area (Å²) in [5.74, 6) is -0.879. The van der Waals surface area contributed by atoms with E-state index in [1.54, 1.807) is 17.7 Å². The lowest BCUT2D eigenvalue weighted by atomic mass is 9.97. The Balaban J connectivity index is 0.000000271. The van der Waals surface area contributed by atoms with Gasteiger partial charge < -0.3 is 18.6 Å². The van der Waals surface area contributed by atoms with E-state index in [0.717, 1.165) is 4.68 Å². The number of sulfonamides is 1. The Morgan fingerprint density at radius 3 is 2.31 bits per heavy atom. The number of aromatic nitrogens is 4. The lowest BCUT2D eigenvalue weighted by Gasteiger charge is -2.13. The molecule has 0 aliphatic heterocycles. The maximum atomic E-state index is 12.5. The lowest BCUT2D eigenvalue weighted by Crippen LogP contribution is -2.35. The summed E-state index contributed by atoms with van der Waals surface area (Å²) in [5.41, 5.74) is -0.230. The Hall–Kier alpha value is -4.38. The van der Waals surface area contributed by atoms with E-state index in [9.17, 15) is 22.8 Å². The van der Waals surface area contributed by atoms with Gasteiger partial charge in [-0.25, -0.2) is 32.5 Å². The van der Waals surface area contributed by atoms with Crippen molar-refractivity contribution in [3.8, 4) is 17.3 Å². The predicted molar refractivity (Wildman–Crippen MR) is 182 cm³/mol. The summed E-state index contributed by atoms with van der Waals surface area (Å²) in [7, 11) is -3.05. The molecule has 0 spiro atoms. The standard InChI is InChI=1S/C15H18Cl2N2O3.C15H15ClN4O6S/c1-8(2)21-12-7-11(9(16)6-10(12)17)19-14(20)22-13(18-19)15(3,4)5;1-3-26-13(21)9-6-4-5-7-10(9)27(23,24)20-15(22)19-14-17-11(16)8-12(18-14)25-2/h6-8H,1-5H3;4-8H,3H2,1-2H3,(H2,17,18,19,20,22). The zero-order valence-corrected chi connectivity index (χ0v) is 30.4. The van der Waals surface area contributed by atoms with Gasteiger partial charge in [-0.05, 0) is 39.0 Å². The van der Waals surface area contributed by atoms with Gasteiger partial charge in [0.1, 0.15) is 15.8 Å². The average molecular weight is 760 g/mol. The predicted octanol–water partition coefficient (Wildman–Crippen LogP) is 6.04. The van der Waals surface area contributed by atoms with Gasteiger partial charge in [0.2, 0.25) is 17.7 Å². The molecule has 0 aliphatic rings. The van der Waals surface area contributed by atoms with Gasteiger partial charge in [0.15, 0.2) is 0 Å². The summed E-state index contributed by atoms with van der Waals surface area (Å²) in [6.45, 7) is 11.1. The number of ether oxygens (including phenoxy) is 3. The molecule has 49 heavy (non-hydrogen) atoms. The van der Waals surface area contributed by atoms with E-state index in [2.05, 4.69) is 20.4 Å². The molecule has 0 bridgehead atoms. The largest absolute Gasteiger partial charge is 0.489 e. The molecular weight excluding hydrogens is 727 g/mol. The molecule has 2 N–H and O–H groups in total. The lowest BCUT2D eigenvalue weighted by molar-refractivity contribution is 0.0521. The summed E-state index contributed by atoms with van der Waals surface area (Å²) >= 11 is 18.1. The minimum atomic E-state index is -4.38. The number of nitrogens with one attached hydrogen (secondary N) is 2. The van der Waals surface area contributed by atoms with Crippen molar-refractivity contribution >= 4 is 62.8 Å². The smallest absolute Gasteiger partial charge is 0.442 e. The van der Waals surface area contributed by atoms with Crippen LogP contribution in [0.3, 0.4) is 0 Å². The second-order valence-electron chi connectivity index (χ2n) is 11.1. The van der Waals surface area contributed by atoms with Crippen molar-refractivity contribution in [2.75, 3.05) is 19.0 Å². The molecule has 2 aromatic heterocycles. The van der Waals surface area contributed by atoms with E-state index >= 15 is 0 Å². The minimum Gasteiger partial charge on any atom is -0.489 e. The molecule has 4 aromatic rings. The first-order chi connectivity index (χ1) is 22.9. The highest BCUT2D eigenvalue weighted by molar-refractivity contribution is 7.90. The number of nitrogens with zero attached hydrogens (tertiary/aromatic N) is 4. The van der Waals surface area contributed by atoms with Crippen molar-refractivity contribution in [1.82, 2.24) is 24.5 Å². The highest BCUT2D eigenvalue weighted by atomic mass is 35.5. The monoisotopic (exact) mass is 758 g/mol. The molecule has 4 rings (SSSR count). The van der Waals surface area contributed by atoms with E-state index < -0.39 is 32.7 Å². The molecule has 15 nitrogen and oxygen atoms in total. The minimum absolute atomic E-state index is 0.0207. The number of esters is 1. The third-order valence-corrected chi connectivity index (χ3v) is 7.97. The second kappa shape index (κ2) is 16.3. The number of benzene rings is 2. The molecular formula is C30H33Cl3N6O9S. The summed E-state index contributed by atoms with van der Waals surface area (Å²) in [4.78, 5) is 43.2. The van der Waals surface area contributed by atoms with Gasteiger partial charge >= 0.3 is 17.8 Å². The quantitative estimate of drug-likeness (QED) is 0.149. The number of halogens is 3. The van der Waals surface area contributed by atoms with Crippen LogP contribution in [0.4, 0.5) is 10.7 Å². The van der Waals surface area contributed by atoms with E-state index in [0.29, 0.717) is 22.4 Å². The third kappa shape index (κ3) is 10.6. The number of amides is 2. The van der Waals surface area contributed by atoms with Crippen LogP contribution in [-0.4, -0.2) is 60.0 Å². The summed E-state index contributed by atoms with van der Waals surface area (Å²) in [6.07, 6.45) is -0.0642. The summed E-state index contributed by atoms with van der Waals surface area (Å²) in [5, 5.41) is 6.98. The fourth-order valence-corrected chi connectivity index (χ4v) is 5.48. The van der Waals surface area contributed by atoms with Gasteiger partial charge in [-0.1, -0.05) is 67.7 Å². The van der Waals surface area contributed by atoms with Gasteiger partial charge in [0, 0.05) is 17.5 Å². The topological polar surface area (TPSA) is 194 Å². The number of urea groups is 1. The van der Waals surface area contributed by atoms with Crippen LogP contribution in [0.5, 0.6) is 11.6 Å². The first kappa shape index (κ1) is 39.1. The van der Waals surface area contributed by atoms with Crippen molar-refractivity contribution in [3.05, 3.63) is 79.7 Å². The molecule has 0 aliphatic carbocycles. The fourth-order valence-electron chi connectivity index (χ4n) is 3.70. The molecule has 0 saturated carbocycles. The number of carbonyl (C=O) groups is 2. The van der Waals surface area contributed by atoms with E-state index in [4.69, 9.17) is 53.4 Å². The van der Waals surface area contributed by atoms with Gasteiger partial charge in [-0.3, -0.25) is 5.32 Å². The molecule has 0 atom stereocenters.